The van der Waals surface area contributed by atoms with Gasteiger partial charge in [-0.25, -0.2) is 0 Å². The molecule has 392 valence electrons. The quantitative estimate of drug-likeness (QED) is 0.107. The van der Waals surface area contributed by atoms with E-state index in [-0.39, 0.29) is 0 Å². The summed E-state index contributed by atoms with van der Waals surface area (Å²) in [4.78, 5) is 0. The second-order valence-electron chi connectivity index (χ2n) is 22.5. The summed E-state index contributed by atoms with van der Waals surface area (Å²) in [5.41, 5.74) is 29.7. The molecule has 0 radical (unpaired) electrons. The number of hydrogen-bond acceptors (Lipinski definition) is 0. The van der Waals surface area contributed by atoms with Crippen molar-refractivity contribution >= 4 is 41.0 Å². The number of aryl methyl sites for hydroxylation is 1. The fourth-order valence-electron chi connectivity index (χ4n) is 13.6. The van der Waals surface area contributed by atoms with Crippen LogP contribution < -0.4 is 0 Å². The molecule has 14 rings (SSSR count). The van der Waals surface area contributed by atoms with Crippen LogP contribution in [0.4, 0.5) is 0 Å². The maximum absolute atomic E-state index is 2.58. The van der Waals surface area contributed by atoms with Gasteiger partial charge in [0.1, 0.15) is 0 Å². The minimum Gasteiger partial charge on any atom is -0.0842 e. The van der Waals surface area contributed by atoms with Crippen LogP contribution in [0, 0.1) is 12.8 Å². The van der Waals surface area contributed by atoms with Crippen molar-refractivity contribution in [3.8, 4) is 22.3 Å². The largest absolute Gasteiger partial charge is 0.0842 e. The summed E-state index contributed by atoms with van der Waals surface area (Å²) in [5.74, 6) is 0.303. The fraction of sp³-hybridized carbons (Fsp3) is 0.0976. The molecule has 0 nitrogen and oxygen atoms in total. The molecule has 5 aliphatic carbocycles. The zero-order chi connectivity index (χ0) is 54.8. The number of fused-ring (bicyclic) bond motifs is 10. The van der Waals surface area contributed by atoms with Crippen molar-refractivity contribution in [1.82, 2.24) is 0 Å². The standard InChI is InChI=1S/C82H64/c1-57-25-23-24-40-69(57)77(68-38-21-8-22-39-68)52-61-44-48-73-72-47-43-60(51-76(66-34-17-6-18-35-66)67-36-19-7-20-37-67)55-80(72)82(81(73)56-61)78-53-58(49-74(62-26-9-2-10-27-62)63-28-11-3-12-29-63)41-45-70(78)71-46-42-59(54-79(71)82)50-75(64-30-13-4-14-31-64)65-32-15-5-16-33-65/h2-15,17-19,21-30,32,34-36,38-56,64H,16,20,31,33,37H2,1H3. The lowest BCUT2D eigenvalue weighted by Crippen LogP contribution is -2.26. The van der Waals surface area contributed by atoms with Crippen molar-refractivity contribution in [2.45, 2.75) is 44.4 Å². The van der Waals surface area contributed by atoms with Crippen molar-refractivity contribution in [3.05, 3.63) is 374 Å². The molecule has 82 heavy (non-hydrogen) atoms. The molecular weight excluding hydrogens is 985 g/mol. The summed E-state index contributed by atoms with van der Waals surface area (Å²) < 4.78 is 0. The summed E-state index contributed by atoms with van der Waals surface area (Å²) in [6.45, 7) is 2.23. The average molecular weight is 1050 g/mol. The number of hydrogen-bond donors (Lipinski definition) is 0. The lowest BCUT2D eigenvalue weighted by molar-refractivity contribution is 0.761. The topological polar surface area (TPSA) is 0 Å². The minimum atomic E-state index is -0.688. The van der Waals surface area contributed by atoms with E-state index in [9.17, 15) is 0 Å². The van der Waals surface area contributed by atoms with Crippen LogP contribution in [-0.2, 0) is 5.41 Å². The van der Waals surface area contributed by atoms with E-state index >= 15 is 0 Å². The van der Waals surface area contributed by atoms with E-state index in [1.165, 1.54) is 134 Å². The average Bonchev–Trinajstić information content (AvgIpc) is 1.90. The van der Waals surface area contributed by atoms with Crippen molar-refractivity contribution in [1.29, 1.82) is 0 Å². The van der Waals surface area contributed by atoms with E-state index in [0.717, 1.165) is 32.1 Å². The lowest BCUT2D eigenvalue weighted by atomic mass is 9.69. The molecule has 0 aliphatic heterocycles. The van der Waals surface area contributed by atoms with Crippen molar-refractivity contribution in [2.24, 2.45) is 5.92 Å². The first-order valence-corrected chi connectivity index (χ1v) is 29.4. The van der Waals surface area contributed by atoms with Crippen LogP contribution in [0.25, 0.3) is 63.3 Å². The Morgan fingerprint density at radius 2 is 0.793 bits per heavy atom. The van der Waals surface area contributed by atoms with Crippen molar-refractivity contribution in [3.63, 3.8) is 0 Å². The maximum atomic E-state index is 2.58. The van der Waals surface area contributed by atoms with Crippen LogP contribution in [0.15, 0.2) is 296 Å². The SMILES string of the molecule is Cc1ccccc1C(=Cc1ccc2c(c1)C1(c3cc(C=C(C4=CC=CCC4)c4ccccc4)ccc3-2)c2cc(C=C(c3ccccc3)c3ccccc3)ccc2-c2ccc(C=C(C3=CC=CCC3)C3C=CC=CC3)cc21)c1ccccc1. The molecule has 0 saturated carbocycles. The Kier molecular flexibility index (Phi) is 13.7. The third kappa shape index (κ3) is 9.45. The zero-order valence-electron chi connectivity index (χ0n) is 46.5. The van der Waals surface area contributed by atoms with Gasteiger partial charge in [-0.2, -0.15) is 0 Å². The molecular formula is C82H64. The summed E-state index contributed by atoms with van der Waals surface area (Å²) in [6, 6.07) is 82.0. The highest BCUT2D eigenvalue weighted by Gasteiger charge is 2.52. The smallest absolute Gasteiger partial charge is 0.0726 e. The Balaban J connectivity index is 1.06. The molecule has 0 amide bonds. The molecule has 1 spiro atoms. The van der Waals surface area contributed by atoms with Gasteiger partial charge in [0.05, 0.1) is 5.41 Å². The number of rotatable bonds is 12. The molecule has 0 bridgehead atoms. The predicted octanol–water partition coefficient (Wildman–Crippen LogP) is 21.1. The van der Waals surface area contributed by atoms with E-state index in [2.05, 4.69) is 310 Å². The van der Waals surface area contributed by atoms with E-state index in [4.69, 9.17) is 0 Å². The Morgan fingerprint density at radius 3 is 1.24 bits per heavy atom. The highest BCUT2D eigenvalue weighted by atomic mass is 14.5. The molecule has 9 aromatic rings. The zero-order valence-corrected chi connectivity index (χ0v) is 46.5. The summed E-state index contributed by atoms with van der Waals surface area (Å²) in [5, 5.41) is 0. The Bertz CT molecular complexity index is 4210. The minimum absolute atomic E-state index is 0.303. The Labute approximate surface area is 484 Å². The maximum Gasteiger partial charge on any atom is 0.0726 e. The van der Waals surface area contributed by atoms with Gasteiger partial charge in [0, 0.05) is 5.92 Å². The first-order chi connectivity index (χ1) is 40.6. The molecule has 0 N–H and O–H groups in total. The molecule has 2 atom stereocenters. The van der Waals surface area contributed by atoms with E-state index in [1.54, 1.807) is 0 Å². The molecule has 0 heteroatoms. The van der Waals surface area contributed by atoms with Gasteiger partial charge in [-0.15, -0.1) is 0 Å². The first-order valence-electron chi connectivity index (χ1n) is 29.4. The van der Waals surface area contributed by atoms with Gasteiger partial charge in [0.15, 0.2) is 0 Å². The summed E-state index contributed by atoms with van der Waals surface area (Å²) >= 11 is 0. The molecule has 2 unspecified atom stereocenters. The molecule has 5 aliphatic rings. The van der Waals surface area contributed by atoms with Gasteiger partial charge >= 0.3 is 0 Å². The van der Waals surface area contributed by atoms with Gasteiger partial charge in [0.25, 0.3) is 0 Å². The number of benzene rings is 9. The van der Waals surface area contributed by atoms with Gasteiger partial charge in [0.2, 0.25) is 0 Å². The van der Waals surface area contributed by atoms with E-state index in [1.807, 2.05) is 0 Å². The molecule has 0 fully saturated rings. The Morgan fingerprint density at radius 1 is 0.378 bits per heavy atom. The van der Waals surface area contributed by atoms with Gasteiger partial charge < -0.3 is 0 Å². The Hall–Kier alpha value is -9.62. The molecule has 0 saturated heterocycles. The second kappa shape index (κ2) is 22.1. The molecule has 0 heterocycles. The highest BCUT2D eigenvalue weighted by molar-refractivity contribution is 6.00. The third-order valence-electron chi connectivity index (χ3n) is 17.5. The van der Waals surface area contributed by atoms with Crippen molar-refractivity contribution in [2.75, 3.05) is 0 Å². The monoisotopic (exact) mass is 1050 g/mol. The van der Waals surface area contributed by atoms with Crippen LogP contribution in [0.2, 0.25) is 0 Å². The van der Waals surface area contributed by atoms with Crippen LogP contribution in [0.1, 0.15) is 110 Å². The summed E-state index contributed by atoms with van der Waals surface area (Å²) in [6.07, 6.45) is 37.9. The van der Waals surface area contributed by atoms with Gasteiger partial charge in [-0.1, -0.05) is 261 Å². The van der Waals surface area contributed by atoms with Crippen LogP contribution in [-0.4, -0.2) is 0 Å². The molecule has 0 aromatic heterocycles. The van der Waals surface area contributed by atoms with Crippen LogP contribution >= 0.6 is 0 Å². The summed E-state index contributed by atoms with van der Waals surface area (Å²) in [7, 11) is 0. The van der Waals surface area contributed by atoms with Gasteiger partial charge in [-0.05, 0) is 215 Å². The fourth-order valence-corrected chi connectivity index (χ4v) is 13.6. The van der Waals surface area contributed by atoms with Gasteiger partial charge in [-0.3, -0.25) is 0 Å². The third-order valence-corrected chi connectivity index (χ3v) is 17.5. The second-order valence-corrected chi connectivity index (χ2v) is 22.5. The van der Waals surface area contributed by atoms with E-state index < -0.39 is 5.41 Å². The van der Waals surface area contributed by atoms with Crippen LogP contribution in [0.5, 0.6) is 0 Å². The molecule has 9 aromatic carbocycles. The van der Waals surface area contributed by atoms with E-state index in [0.29, 0.717) is 5.92 Å². The number of allylic oxidation sites excluding steroid dienone is 14. The predicted molar refractivity (Wildman–Crippen MR) is 349 cm³/mol. The van der Waals surface area contributed by atoms with Crippen LogP contribution in [0.3, 0.4) is 0 Å². The highest BCUT2D eigenvalue weighted by Crippen LogP contribution is 2.64. The van der Waals surface area contributed by atoms with Crippen molar-refractivity contribution < 1.29 is 0 Å². The first kappa shape index (κ1) is 50.6. The lowest BCUT2D eigenvalue weighted by Gasteiger charge is -2.31. The normalized spacial score (nSPS) is 17.7.